The Morgan fingerprint density at radius 3 is 2.69 bits per heavy atom. The van der Waals surface area contributed by atoms with E-state index in [1.807, 2.05) is 19.1 Å². The highest BCUT2D eigenvalue weighted by Gasteiger charge is 2.34. The Balaban J connectivity index is 1.37. The van der Waals surface area contributed by atoms with Gasteiger partial charge in [0.25, 0.3) is 17.2 Å². The average Bonchev–Trinajstić information content (AvgIpc) is 3.33. The molecule has 0 aliphatic heterocycles. The first-order valence-electron chi connectivity index (χ1n) is 12.3. The van der Waals surface area contributed by atoms with Crippen LogP contribution in [0.1, 0.15) is 32.9 Å². The number of hydrogen-bond donors (Lipinski definition) is 3. The lowest BCUT2D eigenvalue weighted by molar-refractivity contribution is -0.136. The fourth-order valence-electron chi connectivity index (χ4n) is 4.11. The molecule has 3 aromatic heterocycles. The molecule has 0 saturated heterocycles. The smallest absolute Gasteiger partial charge is 0.354 e. The highest BCUT2D eigenvalue weighted by atomic mass is 32.1. The maximum absolute atomic E-state index is 13.9. The summed E-state index contributed by atoms with van der Waals surface area (Å²) in [5.74, 6) is -0.0713. The minimum Gasteiger partial charge on any atom is -0.354 e. The third kappa shape index (κ3) is 6.18. The standard InChI is InChI=1S/C29H20F3N7O2S/c1-16-5-6-17(12-19(16)13-24-35-11-9-22(37-24)18-4-3-10-34-15-18)26(40)36-20-7-8-23(21(14-20)29(30,31)32)38-28-25(33-2)27(41)39-42-28/h3-12,14-15,38H,13H2,1H3,(H,36,40)(H,39,41). The summed E-state index contributed by atoms with van der Waals surface area (Å²) >= 11 is 0.718. The zero-order chi connectivity index (χ0) is 29.9. The first kappa shape index (κ1) is 28.2. The van der Waals surface area contributed by atoms with Crippen LogP contribution in [-0.4, -0.2) is 25.2 Å². The average molecular weight is 588 g/mol. The number of aromatic nitrogens is 4. The predicted molar refractivity (Wildman–Crippen MR) is 153 cm³/mol. The second kappa shape index (κ2) is 11.6. The Morgan fingerprint density at radius 1 is 1.12 bits per heavy atom. The van der Waals surface area contributed by atoms with Crippen LogP contribution >= 0.6 is 11.5 Å². The molecule has 0 aliphatic carbocycles. The molecule has 42 heavy (non-hydrogen) atoms. The number of alkyl halides is 3. The number of carbonyl (C=O) groups excluding carboxylic acids is 1. The number of amides is 1. The molecule has 5 rings (SSSR count). The number of benzene rings is 2. The van der Waals surface area contributed by atoms with Crippen molar-refractivity contribution in [2.45, 2.75) is 19.5 Å². The van der Waals surface area contributed by atoms with E-state index in [4.69, 9.17) is 6.57 Å². The van der Waals surface area contributed by atoms with Crippen LogP contribution in [0.5, 0.6) is 0 Å². The normalized spacial score (nSPS) is 11.1. The van der Waals surface area contributed by atoms with E-state index in [2.05, 4.69) is 34.8 Å². The molecule has 0 bridgehead atoms. The number of carbonyl (C=O) groups is 1. The lowest BCUT2D eigenvalue weighted by atomic mass is 10.0. The number of aryl methyl sites for hydroxylation is 1. The van der Waals surface area contributed by atoms with Crippen LogP contribution < -0.4 is 16.2 Å². The summed E-state index contributed by atoms with van der Waals surface area (Å²) in [6, 6.07) is 13.7. The molecule has 0 spiro atoms. The molecule has 0 aliphatic rings. The Hall–Kier alpha value is -5.35. The molecule has 3 N–H and O–H groups in total. The number of H-pyrrole nitrogens is 1. The van der Waals surface area contributed by atoms with Crippen LogP contribution in [-0.2, 0) is 12.6 Å². The van der Waals surface area contributed by atoms with Crippen LogP contribution in [0.15, 0.2) is 78.0 Å². The summed E-state index contributed by atoms with van der Waals surface area (Å²) in [4.78, 5) is 40.9. The quantitative estimate of drug-likeness (QED) is 0.181. The topological polar surface area (TPSA) is 117 Å². The number of aromatic amines is 1. The highest BCUT2D eigenvalue weighted by Crippen LogP contribution is 2.39. The van der Waals surface area contributed by atoms with Gasteiger partial charge in [0, 0.05) is 41.8 Å². The van der Waals surface area contributed by atoms with Crippen LogP contribution in [0.3, 0.4) is 0 Å². The van der Waals surface area contributed by atoms with Gasteiger partial charge in [0.15, 0.2) is 0 Å². The van der Waals surface area contributed by atoms with Crippen LogP contribution in [0.2, 0.25) is 0 Å². The van der Waals surface area contributed by atoms with Gasteiger partial charge in [-0.25, -0.2) is 14.8 Å². The molecule has 0 radical (unpaired) electrons. The third-order valence-corrected chi connectivity index (χ3v) is 7.03. The van der Waals surface area contributed by atoms with Crippen molar-refractivity contribution in [3.8, 4) is 11.3 Å². The minimum absolute atomic E-state index is 0.0422. The van der Waals surface area contributed by atoms with Gasteiger partial charge in [0.1, 0.15) is 10.8 Å². The van der Waals surface area contributed by atoms with Gasteiger partial charge < -0.3 is 10.6 Å². The van der Waals surface area contributed by atoms with E-state index in [0.717, 1.165) is 40.4 Å². The van der Waals surface area contributed by atoms with E-state index in [1.165, 1.54) is 6.07 Å². The van der Waals surface area contributed by atoms with Crippen molar-refractivity contribution in [3.05, 3.63) is 123 Å². The van der Waals surface area contributed by atoms with Crippen molar-refractivity contribution in [3.63, 3.8) is 0 Å². The minimum atomic E-state index is -4.79. The Morgan fingerprint density at radius 2 is 1.95 bits per heavy atom. The van der Waals surface area contributed by atoms with E-state index < -0.39 is 23.2 Å². The summed E-state index contributed by atoms with van der Waals surface area (Å²) in [5.41, 5.74) is 0.892. The Kier molecular flexibility index (Phi) is 7.81. The third-order valence-electron chi connectivity index (χ3n) is 6.24. The lowest BCUT2D eigenvalue weighted by Crippen LogP contribution is -2.15. The van der Waals surface area contributed by atoms with Gasteiger partial charge in [0.2, 0.25) is 0 Å². The van der Waals surface area contributed by atoms with E-state index in [9.17, 15) is 22.8 Å². The number of rotatable bonds is 7. The molecule has 2 aromatic carbocycles. The van der Waals surface area contributed by atoms with E-state index >= 15 is 0 Å². The van der Waals surface area contributed by atoms with Crippen molar-refractivity contribution >= 4 is 39.5 Å². The molecular formula is C29H20F3N7O2S. The van der Waals surface area contributed by atoms with Crippen molar-refractivity contribution in [1.82, 2.24) is 19.3 Å². The molecular weight excluding hydrogens is 567 g/mol. The zero-order valence-corrected chi connectivity index (χ0v) is 22.6. The largest absolute Gasteiger partial charge is 0.418 e. The van der Waals surface area contributed by atoms with Crippen molar-refractivity contribution < 1.29 is 18.0 Å². The zero-order valence-electron chi connectivity index (χ0n) is 21.8. The van der Waals surface area contributed by atoms with Gasteiger partial charge in [0.05, 0.1) is 23.5 Å². The second-order valence-corrected chi connectivity index (χ2v) is 9.89. The second-order valence-electron chi connectivity index (χ2n) is 9.08. The molecule has 0 saturated carbocycles. The van der Waals surface area contributed by atoms with Gasteiger partial charge in [-0.05, 0) is 66.6 Å². The summed E-state index contributed by atoms with van der Waals surface area (Å²) in [6.07, 6.45) is 0.553. The van der Waals surface area contributed by atoms with E-state index in [0.29, 0.717) is 17.9 Å². The number of pyridine rings is 1. The maximum Gasteiger partial charge on any atom is 0.418 e. The molecule has 3 heterocycles. The van der Waals surface area contributed by atoms with E-state index in [-0.39, 0.29) is 27.6 Å². The number of anilines is 3. The Labute approximate surface area is 241 Å². The molecule has 0 fully saturated rings. The molecule has 1 amide bonds. The predicted octanol–water partition coefficient (Wildman–Crippen LogP) is 6.75. The molecule has 5 aromatic rings. The molecule has 13 heteroatoms. The van der Waals surface area contributed by atoms with Gasteiger partial charge in [-0.15, -0.1) is 0 Å². The number of hydrogen-bond acceptors (Lipinski definition) is 7. The van der Waals surface area contributed by atoms with Gasteiger partial charge in [-0.2, -0.15) is 13.2 Å². The maximum atomic E-state index is 13.9. The SMILES string of the molecule is [C-]#[N+]c1c(Nc2ccc(NC(=O)c3ccc(C)c(Cc4nccc(-c5cccnc5)n4)c3)cc2C(F)(F)F)s[nH]c1=O. The monoisotopic (exact) mass is 587 g/mol. The first-order chi connectivity index (χ1) is 20.1. The summed E-state index contributed by atoms with van der Waals surface area (Å²) in [5, 5.41) is 4.99. The van der Waals surface area contributed by atoms with Crippen LogP contribution in [0.25, 0.3) is 16.1 Å². The molecule has 0 unspecified atom stereocenters. The summed E-state index contributed by atoms with van der Waals surface area (Å²) < 4.78 is 44.1. The van der Waals surface area contributed by atoms with Gasteiger partial charge >= 0.3 is 6.18 Å². The fourth-order valence-corrected chi connectivity index (χ4v) is 4.79. The number of nitrogens with one attached hydrogen (secondary N) is 3. The number of halogens is 3. The van der Waals surface area contributed by atoms with Crippen molar-refractivity contribution in [2.24, 2.45) is 0 Å². The van der Waals surface area contributed by atoms with Crippen LogP contribution in [0.4, 0.5) is 35.2 Å². The Bertz CT molecular complexity index is 1880. The van der Waals surface area contributed by atoms with Crippen molar-refractivity contribution in [1.29, 1.82) is 0 Å². The summed E-state index contributed by atoms with van der Waals surface area (Å²) in [7, 11) is 0. The molecule has 210 valence electrons. The van der Waals surface area contributed by atoms with Gasteiger partial charge in [-0.1, -0.05) is 17.6 Å². The lowest BCUT2D eigenvalue weighted by Gasteiger charge is -2.16. The molecule has 0 atom stereocenters. The summed E-state index contributed by atoms with van der Waals surface area (Å²) in [6.45, 7) is 8.99. The number of nitrogens with zero attached hydrogens (tertiary/aromatic N) is 4. The first-order valence-corrected chi connectivity index (χ1v) is 13.1. The van der Waals surface area contributed by atoms with Crippen molar-refractivity contribution in [2.75, 3.05) is 10.6 Å². The van der Waals surface area contributed by atoms with E-state index in [1.54, 1.807) is 42.9 Å². The highest BCUT2D eigenvalue weighted by molar-refractivity contribution is 7.11. The van der Waals surface area contributed by atoms with Gasteiger partial charge in [-0.3, -0.25) is 18.9 Å². The van der Waals surface area contributed by atoms with Crippen LogP contribution in [0, 0.1) is 13.5 Å². The fraction of sp³-hybridized carbons (Fsp3) is 0.103. The molecule has 9 nitrogen and oxygen atoms in total.